The molecule has 0 radical (unpaired) electrons. The van der Waals surface area contributed by atoms with Gasteiger partial charge in [-0.15, -0.1) is 4.91 Å². The molecule has 0 aromatic rings. The minimum Gasteiger partial charge on any atom is -1.00 e. The Balaban J connectivity index is -0.00000000597. The summed E-state index contributed by atoms with van der Waals surface area (Å²) >= 11 is -1.72. The molecular weight excluding hydrogens is 241 g/mol. The van der Waals surface area contributed by atoms with E-state index in [4.69, 9.17) is 40.3 Å². The Morgan fingerprint density at radius 2 is 1.30 bits per heavy atom. The molecule has 0 aromatic carbocycles. The van der Waals surface area contributed by atoms with Gasteiger partial charge in [-0.3, -0.25) is 0 Å². The van der Waals surface area contributed by atoms with Gasteiger partial charge in [0.05, 0.1) is 0 Å². The van der Waals surface area contributed by atoms with E-state index in [-0.39, 0.29) is 67.4 Å². The van der Waals surface area contributed by atoms with Crippen molar-refractivity contribution in [1.82, 2.24) is 0 Å². The normalized spacial score (nSPS) is 3.90. The van der Waals surface area contributed by atoms with Crippen LogP contribution in [0.2, 0.25) is 0 Å². The number of halogens is 3. The molecule has 4 nitrogen and oxygen atoms in total. The van der Waals surface area contributed by atoms with Crippen LogP contribution in [0.15, 0.2) is 5.34 Å². The molecule has 0 rings (SSSR count). The summed E-state index contributed by atoms with van der Waals surface area (Å²) in [5.74, 6) is 0. The third kappa shape index (κ3) is 134. The second-order valence-corrected chi connectivity index (χ2v) is 6.76. The number of nitrogens with zero attached hydrogens (tertiary/aromatic N) is 1. The van der Waals surface area contributed by atoms with Crippen molar-refractivity contribution in [2.24, 2.45) is 5.34 Å². The molecule has 0 unspecified atom stereocenters. The van der Waals surface area contributed by atoms with Crippen LogP contribution in [-0.2, 0) is 0 Å². The molecule has 3 N–H and O–H groups in total. The summed E-state index contributed by atoms with van der Waals surface area (Å²) in [6.07, 6.45) is 0. The van der Waals surface area contributed by atoms with Crippen LogP contribution in [0.4, 0.5) is 0 Å². The van der Waals surface area contributed by atoms with E-state index in [9.17, 15) is 0 Å². The summed E-state index contributed by atoms with van der Waals surface area (Å²) in [5.41, 5.74) is 0. The summed E-state index contributed by atoms with van der Waals surface area (Å²) < 4.78 is 0. The van der Waals surface area contributed by atoms with Crippen LogP contribution in [0.5, 0.6) is 0 Å². The number of hydrogen-bond acceptors (Lipinski definition) is 2. The van der Waals surface area contributed by atoms with Crippen molar-refractivity contribution in [1.29, 1.82) is 0 Å². The molecule has 0 aliphatic carbocycles. The third-order valence-electron chi connectivity index (χ3n) is 0. The second kappa shape index (κ2) is 29.8. The van der Waals surface area contributed by atoms with Gasteiger partial charge in [0.2, 0.25) is 0 Å². The van der Waals surface area contributed by atoms with Crippen molar-refractivity contribution in [2.75, 3.05) is 0 Å². The molecule has 0 amide bonds. The summed E-state index contributed by atoms with van der Waals surface area (Å²) in [5, 5.41) is 7.89. The molecule has 0 spiro atoms. The fourth-order valence-electron chi connectivity index (χ4n) is 0. The van der Waals surface area contributed by atoms with Crippen molar-refractivity contribution in [3.8, 4) is 0 Å². The maximum atomic E-state index is 8.11. The Morgan fingerprint density at radius 1 is 1.30 bits per heavy atom. The Labute approximate surface area is 122 Å². The average Bonchev–Trinajstić information content (AvgIpc) is 1.33. The Kier molecular flexibility index (Phi) is 87.3. The monoisotopic (exact) mass is 245 g/mol. The van der Waals surface area contributed by atoms with Gasteiger partial charge >= 0.3 is 70.5 Å². The van der Waals surface area contributed by atoms with E-state index in [0.29, 0.717) is 0 Å². The third-order valence-corrected chi connectivity index (χ3v) is 0. The van der Waals surface area contributed by atoms with E-state index in [2.05, 4.69) is 0 Å². The van der Waals surface area contributed by atoms with Crippen LogP contribution in [-0.4, -0.2) is 22.1 Å². The Bertz CT molecular complexity index is 53.8. The van der Waals surface area contributed by atoms with Crippen LogP contribution in [0, 0.1) is 4.91 Å². The van der Waals surface area contributed by atoms with Crippen LogP contribution >= 0.6 is 30.1 Å². The van der Waals surface area contributed by atoms with Gasteiger partial charge in [-0.2, -0.15) is 0 Å². The van der Waals surface area contributed by atoms with E-state index >= 15 is 0 Å². The molecule has 0 saturated heterocycles. The summed E-state index contributed by atoms with van der Waals surface area (Å²) in [7, 11) is 14.8. The SMILES string of the molecule is O.O=NO.[Cl][Al]([Cl])[Cl].[H-].[H-].[Na+].[Na+]. The van der Waals surface area contributed by atoms with Gasteiger partial charge in [-0.05, 0) is 0 Å². The van der Waals surface area contributed by atoms with Crippen molar-refractivity contribution < 1.29 is 72.7 Å². The predicted octanol–water partition coefficient (Wildman–Crippen LogP) is -4.76. The molecular formula is H5AlCl3NNa2O3. The first-order chi connectivity index (χ1) is 3.15. The largest absolute Gasteiger partial charge is 1.00 e. The van der Waals surface area contributed by atoms with Gasteiger partial charge in [0.15, 0.2) is 5.34 Å². The smallest absolute Gasteiger partial charge is 1.00 e. The molecule has 0 bridgehead atoms. The van der Waals surface area contributed by atoms with Gasteiger partial charge in [0.1, 0.15) is 0 Å². The molecule has 10 heteroatoms. The standard InChI is InChI=1S/Al.3ClH.HNO2.2Na.H2O.2H/c;;;;2-1-3;;;;;/h;3*1H;(H,2,3);;;1H2;;/q+3;;;;;2*+1;;2*-1/p-3. The number of rotatable bonds is 0. The van der Waals surface area contributed by atoms with E-state index in [1.807, 2.05) is 0 Å². The van der Waals surface area contributed by atoms with Crippen molar-refractivity contribution >= 4 is 41.5 Å². The van der Waals surface area contributed by atoms with Crippen molar-refractivity contribution in [2.45, 2.75) is 0 Å². The van der Waals surface area contributed by atoms with Gasteiger partial charge in [-0.1, -0.05) is 0 Å². The van der Waals surface area contributed by atoms with Gasteiger partial charge < -0.3 is 13.5 Å². The van der Waals surface area contributed by atoms with Gasteiger partial charge in [0, 0.05) is 0 Å². The van der Waals surface area contributed by atoms with Crippen molar-refractivity contribution in [3.63, 3.8) is 0 Å². The molecule has 0 fully saturated rings. The number of hydrogen-bond donors (Lipinski definition) is 1. The zero-order valence-corrected chi connectivity index (χ0v) is 12.9. The first-order valence-corrected chi connectivity index (χ1v) is 6.27. The van der Waals surface area contributed by atoms with Crippen LogP contribution in [0.1, 0.15) is 2.85 Å². The maximum Gasteiger partial charge on any atom is 1.00 e. The minimum absolute atomic E-state index is 0. The maximum absolute atomic E-state index is 8.11. The molecule has 0 atom stereocenters. The topological polar surface area (TPSA) is 81.2 Å². The molecule has 0 aromatic heterocycles. The van der Waals surface area contributed by atoms with Gasteiger partial charge in [0.25, 0.3) is 0 Å². The molecule has 0 saturated carbocycles. The van der Waals surface area contributed by atoms with Crippen LogP contribution in [0.25, 0.3) is 0 Å². The average molecular weight is 246 g/mol. The first kappa shape index (κ1) is 29.3. The summed E-state index contributed by atoms with van der Waals surface area (Å²) in [6.45, 7) is 0. The zero-order valence-electron chi connectivity index (χ0n) is 7.51. The van der Waals surface area contributed by atoms with E-state index in [0.717, 1.165) is 0 Å². The Morgan fingerprint density at radius 3 is 1.30 bits per heavy atom. The minimum atomic E-state index is -1.72. The van der Waals surface area contributed by atoms with E-state index in [1.54, 1.807) is 0 Å². The first-order valence-electron chi connectivity index (χ1n) is 1.04. The fourth-order valence-corrected chi connectivity index (χ4v) is 0. The second-order valence-electron chi connectivity index (χ2n) is 0.329. The predicted molar refractivity (Wildman–Crippen MR) is 36.7 cm³/mol. The molecule has 54 valence electrons. The molecule has 10 heavy (non-hydrogen) atoms. The van der Waals surface area contributed by atoms with E-state index < -0.39 is 11.4 Å². The van der Waals surface area contributed by atoms with Crippen LogP contribution < -0.4 is 59.1 Å². The molecule has 0 heterocycles. The van der Waals surface area contributed by atoms with Gasteiger partial charge in [-0.25, -0.2) is 30.1 Å². The molecule has 0 aliphatic rings. The van der Waals surface area contributed by atoms with Crippen LogP contribution in [0.3, 0.4) is 0 Å². The quantitative estimate of drug-likeness (QED) is 0.264. The fraction of sp³-hybridized carbons (Fsp3) is 0. The summed E-state index contributed by atoms with van der Waals surface area (Å²) in [6, 6.07) is 0. The summed E-state index contributed by atoms with van der Waals surface area (Å²) in [4.78, 5) is 8.11. The van der Waals surface area contributed by atoms with E-state index in [1.165, 1.54) is 5.34 Å². The zero-order chi connectivity index (χ0) is 6.28. The Hall–Kier alpha value is 2.76. The van der Waals surface area contributed by atoms with Crippen molar-refractivity contribution in [3.05, 3.63) is 4.91 Å². The molecule has 0 aliphatic heterocycles.